The summed E-state index contributed by atoms with van der Waals surface area (Å²) >= 11 is 0. The number of amides is 1. The summed E-state index contributed by atoms with van der Waals surface area (Å²) in [5.41, 5.74) is 0.335. The lowest BCUT2D eigenvalue weighted by Gasteiger charge is -2.31. The topological polar surface area (TPSA) is 45.2 Å². The van der Waals surface area contributed by atoms with Crippen molar-refractivity contribution in [2.24, 2.45) is 5.92 Å². The molecule has 20 heavy (non-hydrogen) atoms. The third-order valence-corrected chi connectivity index (χ3v) is 3.91. The molecule has 1 aliphatic heterocycles. The molecule has 0 radical (unpaired) electrons. The summed E-state index contributed by atoms with van der Waals surface area (Å²) in [5.74, 6) is 0.579. The van der Waals surface area contributed by atoms with Gasteiger partial charge in [-0.1, -0.05) is 13.3 Å². The molecular weight excluding hydrogens is 257 g/mol. The first-order valence-electron chi connectivity index (χ1n) is 7.34. The Labute approximate surface area is 119 Å². The van der Waals surface area contributed by atoms with Gasteiger partial charge in [-0.3, -0.25) is 4.79 Å². The molecule has 110 valence electrons. The average Bonchev–Trinajstić information content (AvgIpc) is 2.48. The van der Waals surface area contributed by atoms with E-state index in [1.807, 2.05) is 11.8 Å². The minimum atomic E-state index is -0.474. The average molecular weight is 279 g/mol. The summed E-state index contributed by atoms with van der Waals surface area (Å²) in [6, 6.07) is 1.28. The number of nitrogens with zero attached hydrogens (tertiary/aromatic N) is 2. The van der Waals surface area contributed by atoms with E-state index in [2.05, 4.69) is 17.2 Å². The van der Waals surface area contributed by atoms with Crippen molar-refractivity contribution in [1.82, 2.24) is 9.88 Å². The SMILES string of the molecule is CCNc1ncc(F)cc1C(=O)N1CCC(CC)CC1. The highest BCUT2D eigenvalue weighted by Crippen LogP contribution is 2.23. The number of pyridine rings is 1. The van der Waals surface area contributed by atoms with Crippen LogP contribution in [0.1, 0.15) is 43.5 Å². The molecule has 1 aromatic heterocycles. The zero-order valence-electron chi connectivity index (χ0n) is 12.2. The molecule has 1 saturated heterocycles. The van der Waals surface area contributed by atoms with E-state index >= 15 is 0 Å². The van der Waals surface area contributed by atoms with Crippen LogP contribution in [0, 0.1) is 11.7 Å². The van der Waals surface area contributed by atoms with Crippen LogP contribution in [0.15, 0.2) is 12.3 Å². The van der Waals surface area contributed by atoms with E-state index in [9.17, 15) is 9.18 Å². The number of carbonyl (C=O) groups is 1. The Hall–Kier alpha value is -1.65. The lowest BCUT2D eigenvalue weighted by atomic mass is 9.94. The maximum atomic E-state index is 13.4. The van der Waals surface area contributed by atoms with Gasteiger partial charge in [0.25, 0.3) is 5.91 Å². The second-order valence-corrected chi connectivity index (χ2v) is 5.22. The zero-order chi connectivity index (χ0) is 14.5. The predicted molar refractivity (Wildman–Crippen MR) is 77.3 cm³/mol. The highest BCUT2D eigenvalue weighted by atomic mass is 19.1. The first-order chi connectivity index (χ1) is 9.65. The molecule has 0 atom stereocenters. The van der Waals surface area contributed by atoms with Gasteiger partial charge in [-0.05, 0) is 31.7 Å². The van der Waals surface area contributed by atoms with Crippen LogP contribution in [0.3, 0.4) is 0 Å². The smallest absolute Gasteiger partial charge is 0.257 e. The summed E-state index contributed by atoms with van der Waals surface area (Å²) in [4.78, 5) is 18.3. The number of halogens is 1. The fourth-order valence-corrected chi connectivity index (χ4v) is 2.63. The van der Waals surface area contributed by atoms with Crippen molar-refractivity contribution in [3.05, 3.63) is 23.6 Å². The van der Waals surface area contributed by atoms with Gasteiger partial charge in [0.1, 0.15) is 11.6 Å². The molecule has 1 aromatic rings. The van der Waals surface area contributed by atoms with Gasteiger partial charge >= 0.3 is 0 Å². The molecule has 1 amide bonds. The Balaban J connectivity index is 2.14. The lowest BCUT2D eigenvalue weighted by Crippen LogP contribution is -2.38. The number of piperidine rings is 1. The second-order valence-electron chi connectivity index (χ2n) is 5.22. The fraction of sp³-hybridized carbons (Fsp3) is 0.600. The number of anilines is 1. The van der Waals surface area contributed by atoms with Crippen LogP contribution in [0.2, 0.25) is 0 Å². The molecule has 0 spiro atoms. The minimum absolute atomic E-state index is 0.123. The van der Waals surface area contributed by atoms with E-state index in [4.69, 9.17) is 0 Å². The van der Waals surface area contributed by atoms with Gasteiger partial charge in [-0.2, -0.15) is 0 Å². The van der Waals surface area contributed by atoms with Gasteiger partial charge in [0, 0.05) is 19.6 Å². The fourth-order valence-electron chi connectivity index (χ4n) is 2.63. The molecule has 5 heteroatoms. The van der Waals surface area contributed by atoms with Crippen LogP contribution in [-0.2, 0) is 0 Å². The van der Waals surface area contributed by atoms with E-state index in [1.54, 1.807) is 0 Å². The third-order valence-electron chi connectivity index (χ3n) is 3.91. The maximum Gasteiger partial charge on any atom is 0.257 e. The summed E-state index contributed by atoms with van der Waals surface area (Å²) in [6.45, 7) is 6.25. The minimum Gasteiger partial charge on any atom is -0.370 e. The lowest BCUT2D eigenvalue weighted by molar-refractivity contribution is 0.0689. The molecule has 2 rings (SSSR count). The number of aromatic nitrogens is 1. The largest absolute Gasteiger partial charge is 0.370 e. The van der Waals surface area contributed by atoms with Crippen LogP contribution in [-0.4, -0.2) is 35.4 Å². The normalized spacial score (nSPS) is 16.2. The standard InChI is InChI=1S/C15H22FN3O/c1-3-11-5-7-19(8-6-11)15(20)13-9-12(16)10-18-14(13)17-4-2/h9-11H,3-8H2,1-2H3,(H,17,18). The molecule has 1 N–H and O–H groups in total. The molecule has 2 heterocycles. The number of likely N-dealkylation sites (tertiary alicyclic amines) is 1. The van der Waals surface area contributed by atoms with Crippen molar-refractivity contribution in [3.8, 4) is 0 Å². The number of nitrogens with one attached hydrogen (secondary N) is 1. The summed E-state index contributed by atoms with van der Waals surface area (Å²) in [7, 11) is 0. The monoisotopic (exact) mass is 279 g/mol. The molecule has 0 aliphatic carbocycles. The predicted octanol–water partition coefficient (Wildman–Crippen LogP) is 2.91. The van der Waals surface area contributed by atoms with Crippen LogP contribution in [0.4, 0.5) is 10.2 Å². The Kier molecular flexibility index (Phi) is 4.93. The first-order valence-corrected chi connectivity index (χ1v) is 7.34. The van der Waals surface area contributed by atoms with Crippen LogP contribution in [0.5, 0.6) is 0 Å². The van der Waals surface area contributed by atoms with Gasteiger partial charge < -0.3 is 10.2 Å². The Bertz CT molecular complexity index is 470. The van der Waals surface area contributed by atoms with Crippen molar-refractivity contribution in [3.63, 3.8) is 0 Å². The van der Waals surface area contributed by atoms with Gasteiger partial charge in [0.15, 0.2) is 0 Å². The second kappa shape index (κ2) is 6.68. The van der Waals surface area contributed by atoms with Crippen molar-refractivity contribution in [2.75, 3.05) is 25.0 Å². The molecule has 4 nitrogen and oxygen atoms in total. The van der Waals surface area contributed by atoms with E-state index in [0.717, 1.165) is 38.5 Å². The van der Waals surface area contributed by atoms with Crippen molar-refractivity contribution < 1.29 is 9.18 Å². The van der Waals surface area contributed by atoms with E-state index in [0.29, 0.717) is 23.8 Å². The Morgan fingerprint density at radius 2 is 2.15 bits per heavy atom. The summed E-state index contributed by atoms with van der Waals surface area (Å²) in [5, 5.41) is 3.02. The van der Waals surface area contributed by atoms with Crippen LogP contribution >= 0.6 is 0 Å². The van der Waals surface area contributed by atoms with E-state index in [-0.39, 0.29) is 5.91 Å². The highest BCUT2D eigenvalue weighted by Gasteiger charge is 2.25. The molecule has 0 unspecified atom stereocenters. The molecule has 1 aliphatic rings. The Morgan fingerprint density at radius 3 is 2.75 bits per heavy atom. The number of carbonyl (C=O) groups excluding carboxylic acids is 1. The molecular formula is C15H22FN3O. The Morgan fingerprint density at radius 1 is 1.45 bits per heavy atom. The zero-order valence-corrected chi connectivity index (χ0v) is 12.2. The van der Waals surface area contributed by atoms with Gasteiger partial charge in [0.2, 0.25) is 0 Å². The molecule has 0 aromatic carbocycles. The quantitative estimate of drug-likeness (QED) is 0.921. The summed E-state index contributed by atoms with van der Waals surface area (Å²) < 4.78 is 13.4. The van der Waals surface area contributed by atoms with Crippen LogP contribution < -0.4 is 5.32 Å². The highest BCUT2D eigenvalue weighted by molar-refractivity contribution is 5.98. The maximum absolute atomic E-state index is 13.4. The summed E-state index contributed by atoms with van der Waals surface area (Å²) in [6.07, 6.45) is 4.35. The molecule has 0 saturated carbocycles. The number of rotatable bonds is 4. The molecule has 1 fully saturated rings. The van der Waals surface area contributed by atoms with Gasteiger partial charge in [-0.25, -0.2) is 9.37 Å². The van der Waals surface area contributed by atoms with E-state index < -0.39 is 5.82 Å². The van der Waals surface area contributed by atoms with Crippen molar-refractivity contribution in [2.45, 2.75) is 33.1 Å². The van der Waals surface area contributed by atoms with Crippen molar-refractivity contribution in [1.29, 1.82) is 0 Å². The van der Waals surface area contributed by atoms with Crippen molar-refractivity contribution >= 4 is 11.7 Å². The molecule has 0 bridgehead atoms. The third kappa shape index (κ3) is 3.26. The van der Waals surface area contributed by atoms with E-state index in [1.165, 1.54) is 6.07 Å². The van der Waals surface area contributed by atoms with Crippen LogP contribution in [0.25, 0.3) is 0 Å². The van der Waals surface area contributed by atoms with Gasteiger partial charge in [0.05, 0.1) is 11.8 Å². The first kappa shape index (κ1) is 14.8. The van der Waals surface area contributed by atoms with Gasteiger partial charge in [-0.15, -0.1) is 0 Å². The number of hydrogen-bond acceptors (Lipinski definition) is 3. The number of hydrogen-bond donors (Lipinski definition) is 1.